The fourth-order valence-corrected chi connectivity index (χ4v) is 15.3. The number of hydrogen-bond donors (Lipinski definition) is 0. The number of benzene rings is 3. The van der Waals surface area contributed by atoms with E-state index in [2.05, 4.69) is 67.5 Å². The Hall–Kier alpha value is 0.189. The first-order valence-electron chi connectivity index (χ1n) is 14.2. The van der Waals surface area contributed by atoms with E-state index in [0.29, 0.717) is 5.92 Å². The van der Waals surface area contributed by atoms with Crippen LogP contribution < -0.4 is 10.4 Å². The zero-order valence-corrected chi connectivity index (χ0v) is 33.5. The maximum Gasteiger partial charge on any atom is 0.314 e. The second kappa shape index (κ2) is 18.6. The Labute approximate surface area is 324 Å². The van der Waals surface area contributed by atoms with Crippen molar-refractivity contribution in [2.45, 2.75) is 6.61 Å². The van der Waals surface area contributed by atoms with Crippen LogP contribution in [-0.4, -0.2) is 31.0 Å². The minimum Gasteiger partial charge on any atom is -0.460 e. The SMILES string of the molecule is CSC1=C(SC)SC(=c2c3ccccc3c(=C3SC(SC)=C(SC)S3)c3cc(COC(=O)[C]4[CH][CH][CH][CH]4)ccc23)S1.[CH]1[CH][CH][CH][CH]1.[Fe]. The van der Waals surface area contributed by atoms with E-state index >= 15 is 0 Å². The van der Waals surface area contributed by atoms with Crippen molar-refractivity contribution in [3.8, 4) is 0 Å². The van der Waals surface area contributed by atoms with Gasteiger partial charge >= 0.3 is 5.97 Å². The van der Waals surface area contributed by atoms with Crippen molar-refractivity contribution in [1.82, 2.24) is 0 Å². The van der Waals surface area contributed by atoms with Gasteiger partial charge in [-0.15, -0.1) is 47.0 Å². The van der Waals surface area contributed by atoms with Crippen molar-refractivity contribution >= 4 is 130 Å². The van der Waals surface area contributed by atoms with Gasteiger partial charge in [-0.2, -0.15) is 0 Å². The molecular weight excluding hydrogens is 777 g/mol. The fourth-order valence-electron chi connectivity index (χ4n) is 5.07. The average molecular weight is 807 g/mol. The van der Waals surface area contributed by atoms with Crippen molar-refractivity contribution < 1.29 is 26.6 Å². The van der Waals surface area contributed by atoms with Gasteiger partial charge in [-0.25, -0.2) is 0 Å². The third-order valence-electron chi connectivity index (χ3n) is 7.14. The molecule has 47 heavy (non-hydrogen) atoms. The molecule has 242 valence electrons. The van der Waals surface area contributed by atoms with Gasteiger partial charge < -0.3 is 4.74 Å². The number of esters is 1. The topological polar surface area (TPSA) is 26.3 Å². The molecule has 11 heteroatoms. The summed E-state index contributed by atoms with van der Waals surface area (Å²) < 4.78 is 13.8. The zero-order valence-electron chi connectivity index (χ0n) is 25.9. The number of ether oxygens (including phenoxy) is 1. The zero-order chi connectivity index (χ0) is 32.0. The van der Waals surface area contributed by atoms with Gasteiger partial charge in [0.2, 0.25) is 0 Å². The summed E-state index contributed by atoms with van der Waals surface area (Å²) >= 11 is 14.8. The maximum atomic E-state index is 12.6. The Morgan fingerprint density at radius 2 is 1.02 bits per heavy atom. The van der Waals surface area contributed by atoms with Crippen molar-refractivity contribution in [3.05, 3.63) is 139 Å². The molecule has 0 bridgehead atoms. The standard InChI is InChI=1S/C31H25O2S8.C5H5.Fe/c1-34-28-29(35-2)39-26(38-28)23-19-11-7-8-12-20(19)24(27-40-30(36-3)31(37-4)41-27)22-15-17(13-14-21(22)23)16-33-25(32)18-9-5-6-10-18;1-2-4-5-3-1;/h5-15H,16H2,1-4H3;1-5H;. The van der Waals surface area contributed by atoms with E-state index in [1.54, 1.807) is 12.8 Å². The third kappa shape index (κ3) is 8.81. The second-order valence-electron chi connectivity index (χ2n) is 9.84. The Morgan fingerprint density at radius 1 is 0.596 bits per heavy atom. The van der Waals surface area contributed by atoms with Crippen LogP contribution in [0.1, 0.15) is 5.56 Å². The van der Waals surface area contributed by atoms with E-state index in [9.17, 15) is 4.79 Å². The minimum absolute atomic E-state index is 0. The van der Waals surface area contributed by atoms with Crippen molar-refractivity contribution in [1.29, 1.82) is 0 Å². The Bertz CT molecular complexity index is 1770. The molecule has 2 aliphatic carbocycles. The molecule has 0 N–H and O–H groups in total. The quantitative estimate of drug-likeness (QED) is 0.131. The first-order chi connectivity index (χ1) is 22.6. The Kier molecular flexibility index (Phi) is 15.2. The molecule has 0 unspecified atom stereocenters. The average Bonchev–Trinajstić information content (AvgIpc) is 3.93. The number of thioether (sulfide) groups is 8. The Balaban J connectivity index is 0.000000662. The molecule has 7 rings (SSSR count). The number of hydrogen-bond acceptors (Lipinski definition) is 10. The normalized spacial score (nSPS) is 18.4. The van der Waals surface area contributed by atoms with Gasteiger partial charge in [-0.05, 0) is 116 Å². The van der Waals surface area contributed by atoms with Gasteiger partial charge in [0.05, 0.1) is 31.3 Å². The predicted octanol–water partition coefficient (Wildman–Crippen LogP) is 10.3. The predicted molar refractivity (Wildman–Crippen MR) is 218 cm³/mol. The monoisotopic (exact) mass is 806 g/mol. The molecule has 2 nitrogen and oxygen atoms in total. The second-order valence-corrected chi connectivity index (χ2v) is 18.7. The summed E-state index contributed by atoms with van der Waals surface area (Å²) in [5, 5.41) is 7.54. The van der Waals surface area contributed by atoms with Crippen molar-refractivity contribution in [3.63, 3.8) is 0 Å². The summed E-state index contributed by atoms with van der Waals surface area (Å²) in [6, 6.07) is 15.4. The fraction of sp³-hybridized carbons (Fsp3) is 0.139. The summed E-state index contributed by atoms with van der Waals surface area (Å²) in [6.07, 6.45) is 25.9. The van der Waals surface area contributed by atoms with Crippen LogP contribution in [-0.2, 0) is 33.2 Å². The van der Waals surface area contributed by atoms with Gasteiger partial charge in [0.15, 0.2) is 0 Å². The summed E-state index contributed by atoms with van der Waals surface area (Å²) in [4.78, 5) is 12.6. The van der Waals surface area contributed by atoms with Crippen LogP contribution in [0.2, 0.25) is 0 Å². The smallest absolute Gasteiger partial charge is 0.314 e. The molecule has 2 aliphatic heterocycles. The van der Waals surface area contributed by atoms with Gasteiger partial charge in [-0.3, -0.25) is 4.79 Å². The van der Waals surface area contributed by atoms with Crippen molar-refractivity contribution in [2.24, 2.45) is 0 Å². The van der Waals surface area contributed by atoms with Crippen molar-refractivity contribution in [2.75, 3.05) is 25.0 Å². The molecule has 3 aromatic carbocycles. The van der Waals surface area contributed by atoms with Crippen LogP contribution in [0.4, 0.5) is 0 Å². The number of carbonyl (C=O) groups is 1. The van der Waals surface area contributed by atoms with Crippen LogP contribution in [0.3, 0.4) is 0 Å². The van der Waals surface area contributed by atoms with Gasteiger partial charge in [0.25, 0.3) is 0 Å². The van der Waals surface area contributed by atoms with Crippen LogP contribution in [0.15, 0.2) is 59.4 Å². The molecule has 0 aromatic heterocycles. The van der Waals surface area contributed by atoms with Crippen LogP contribution in [0, 0.1) is 63.7 Å². The minimum atomic E-state index is -0.293. The van der Waals surface area contributed by atoms with E-state index in [1.807, 2.05) is 139 Å². The molecule has 2 fully saturated rings. The summed E-state index contributed by atoms with van der Waals surface area (Å²) in [7, 11) is 0. The molecule has 0 atom stereocenters. The van der Waals surface area contributed by atoms with E-state index in [4.69, 9.17) is 4.74 Å². The molecule has 10 radical (unpaired) electrons. The molecule has 2 heterocycles. The molecule has 2 saturated carbocycles. The van der Waals surface area contributed by atoms with E-state index in [1.165, 1.54) is 57.4 Å². The van der Waals surface area contributed by atoms with Gasteiger partial charge in [0, 0.05) is 27.5 Å². The van der Waals surface area contributed by atoms with Crippen LogP contribution in [0.25, 0.3) is 30.0 Å². The number of rotatable bonds is 7. The molecule has 0 saturated heterocycles. The number of carbonyl (C=O) groups excluding carboxylic acids is 1. The number of fused-ring (bicyclic) bond motifs is 2. The third-order valence-corrected chi connectivity index (χ3v) is 17.6. The van der Waals surface area contributed by atoms with Gasteiger partial charge in [0.1, 0.15) is 6.61 Å². The van der Waals surface area contributed by atoms with E-state index in [0.717, 1.165) is 5.56 Å². The Morgan fingerprint density at radius 3 is 1.47 bits per heavy atom. The summed E-state index contributed by atoms with van der Waals surface area (Å²) in [5.41, 5.74) is 0.987. The van der Waals surface area contributed by atoms with E-state index < -0.39 is 0 Å². The molecular formula is C36H30FeO2S8. The summed E-state index contributed by atoms with van der Waals surface area (Å²) in [5.74, 6) is 0.293. The van der Waals surface area contributed by atoms with Gasteiger partial charge in [-0.1, -0.05) is 83.4 Å². The first-order valence-corrected chi connectivity index (χ1v) is 22.4. The molecule has 0 spiro atoms. The summed E-state index contributed by atoms with van der Waals surface area (Å²) in [6.45, 7) is 0.233. The first kappa shape index (κ1) is 38.4. The largest absolute Gasteiger partial charge is 0.460 e. The van der Waals surface area contributed by atoms with Crippen LogP contribution in [0.5, 0.6) is 0 Å². The van der Waals surface area contributed by atoms with Crippen LogP contribution >= 0.6 is 94.1 Å². The molecule has 0 amide bonds. The molecule has 3 aromatic rings. The van der Waals surface area contributed by atoms with E-state index in [-0.39, 0.29) is 29.6 Å². The maximum absolute atomic E-state index is 12.6. The molecule has 4 aliphatic rings.